The Bertz CT molecular complexity index is 512. The van der Waals surface area contributed by atoms with Gasteiger partial charge in [-0.1, -0.05) is 20.8 Å². The third-order valence-corrected chi connectivity index (χ3v) is 3.41. The van der Waals surface area contributed by atoms with Crippen LogP contribution in [0.15, 0.2) is 18.2 Å². The van der Waals surface area contributed by atoms with Crippen molar-refractivity contribution < 1.29 is 9.72 Å². The predicted molar refractivity (Wildman–Crippen MR) is 79.0 cm³/mol. The van der Waals surface area contributed by atoms with Crippen molar-refractivity contribution in [3.8, 4) is 0 Å². The van der Waals surface area contributed by atoms with Crippen molar-refractivity contribution in [2.75, 3.05) is 18.9 Å². The van der Waals surface area contributed by atoms with Gasteiger partial charge in [0.25, 0.3) is 11.6 Å². The number of hydrogen-bond acceptors (Lipinski definition) is 4. The van der Waals surface area contributed by atoms with Gasteiger partial charge in [0.05, 0.1) is 10.5 Å². The number of hydrogen-bond donors (Lipinski definition) is 2. The first-order chi connectivity index (χ1) is 9.30. The largest absolute Gasteiger partial charge is 0.387 e. The van der Waals surface area contributed by atoms with Crippen LogP contribution < -0.4 is 10.6 Å². The minimum absolute atomic E-state index is 0.00379. The van der Waals surface area contributed by atoms with Crippen LogP contribution in [-0.4, -0.2) is 24.4 Å². The van der Waals surface area contributed by atoms with Crippen molar-refractivity contribution in [2.24, 2.45) is 5.41 Å². The topological polar surface area (TPSA) is 84.3 Å². The molecular formula is C14H21N3O3. The van der Waals surface area contributed by atoms with E-state index in [0.29, 0.717) is 12.2 Å². The first-order valence-corrected chi connectivity index (χ1v) is 6.55. The van der Waals surface area contributed by atoms with E-state index in [4.69, 9.17) is 0 Å². The Morgan fingerprint density at radius 3 is 2.55 bits per heavy atom. The molecule has 6 nitrogen and oxygen atoms in total. The summed E-state index contributed by atoms with van der Waals surface area (Å²) >= 11 is 0. The molecule has 0 atom stereocenters. The van der Waals surface area contributed by atoms with Gasteiger partial charge >= 0.3 is 0 Å². The molecular weight excluding hydrogens is 258 g/mol. The number of amides is 1. The molecule has 0 aromatic heterocycles. The van der Waals surface area contributed by atoms with Crippen LogP contribution in [0.25, 0.3) is 0 Å². The van der Waals surface area contributed by atoms with E-state index >= 15 is 0 Å². The third-order valence-electron chi connectivity index (χ3n) is 3.41. The lowest BCUT2D eigenvalue weighted by molar-refractivity contribution is -0.384. The fourth-order valence-corrected chi connectivity index (χ4v) is 1.59. The lowest BCUT2D eigenvalue weighted by Crippen LogP contribution is -2.33. The minimum atomic E-state index is -0.508. The quantitative estimate of drug-likeness (QED) is 0.619. The Kier molecular flexibility index (Phi) is 5.07. The van der Waals surface area contributed by atoms with Gasteiger partial charge < -0.3 is 10.6 Å². The predicted octanol–water partition coefficient (Wildman–Crippen LogP) is 2.80. The summed E-state index contributed by atoms with van der Waals surface area (Å²) < 4.78 is 0. The van der Waals surface area contributed by atoms with Crippen LogP contribution in [0.3, 0.4) is 0 Å². The van der Waals surface area contributed by atoms with Crippen LogP contribution >= 0.6 is 0 Å². The molecule has 0 saturated carbocycles. The van der Waals surface area contributed by atoms with Crippen LogP contribution in [-0.2, 0) is 0 Å². The Morgan fingerprint density at radius 2 is 2.05 bits per heavy atom. The van der Waals surface area contributed by atoms with E-state index in [1.54, 1.807) is 7.05 Å². The molecule has 1 aromatic rings. The van der Waals surface area contributed by atoms with E-state index in [1.807, 2.05) is 0 Å². The molecule has 0 bridgehead atoms. The highest BCUT2D eigenvalue weighted by molar-refractivity contribution is 6.00. The molecule has 0 radical (unpaired) electrons. The Labute approximate surface area is 118 Å². The number of anilines is 1. The number of nitro groups is 1. The van der Waals surface area contributed by atoms with Gasteiger partial charge in [-0.25, -0.2) is 0 Å². The number of nitrogens with zero attached hydrogens (tertiary/aromatic N) is 1. The standard InChI is InChI=1S/C14H21N3O3/c1-5-14(2,3)9-16-13(18)11-8-10(17(19)20)6-7-12(11)15-4/h6-8,15H,5,9H2,1-4H3,(H,16,18). The van der Waals surface area contributed by atoms with E-state index in [0.717, 1.165) is 6.42 Å². The second-order valence-electron chi connectivity index (χ2n) is 5.44. The molecule has 0 saturated heterocycles. The summed E-state index contributed by atoms with van der Waals surface area (Å²) in [6.45, 7) is 6.69. The number of carbonyl (C=O) groups excluding carboxylic acids is 1. The molecule has 0 aliphatic rings. The van der Waals surface area contributed by atoms with Gasteiger partial charge in [-0.2, -0.15) is 0 Å². The molecule has 1 rings (SSSR count). The number of carbonyl (C=O) groups is 1. The summed E-state index contributed by atoms with van der Waals surface area (Å²) in [6, 6.07) is 4.21. The van der Waals surface area contributed by atoms with Crippen LogP contribution in [0.5, 0.6) is 0 Å². The molecule has 0 aliphatic carbocycles. The molecule has 6 heteroatoms. The zero-order valence-electron chi connectivity index (χ0n) is 12.3. The summed E-state index contributed by atoms with van der Waals surface area (Å²) in [5.74, 6) is -0.306. The highest BCUT2D eigenvalue weighted by Gasteiger charge is 2.20. The van der Waals surface area contributed by atoms with Crippen LogP contribution in [0.4, 0.5) is 11.4 Å². The maximum Gasteiger partial charge on any atom is 0.270 e. The van der Waals surface area contributed by atoms with Crippen molar-refractivity contribution in [1.82, 2.24) is 5.32 Å². The van der Waals surface area contributed by atoms with E-state index < -0.39 is 4.92 Å². The maximum absolute atomic E-state index is 12.2. The molecule has 0 fully saturated rings. The second-order valence-corrected chi connectivity index (χ2v) is 5.44. The molecule has 0 unspecified atom stereocenters. The van der Waals surface area contributed by atoms with E-state index in [9.17, 15) is 14.9 Å². The van der Waals surface area contributed by atoms with Gasteiger partial charge in [-0.15, -0.1) is 0 Å². The Balaban J connectivity index is 2.96. The second kappa shape index (κ2) is 6.36. The summed E-state index contributed by atoms with van der Waals surface area (Å²) in [4.78, 5) is 22.5. The number of non-ortho nitro benzene ring substituents is 1. The lowest BCUT2D eigenvalue weighted by Gasteiger charge is -2.23. The highest BCUT2D eigenvalue weighted by atomic mass is 16.6. The van der Waals surface area contributed by atoms with Crippen molar-refractivity contribution in [2.45, 2.75) is 27.2 Å². The number of benzene rings is 1. The SMILES string of the molecule is CCC(C)(C)CNC(=O)c1cc([N+](=O)[O-])ccc1NC. The van der Waals surface area contributed by atoms with Crippen molar-refractivity contribution >= 4 is 17.3 Å². The molecule has 20 heavy (non-hydrogen) atoms. The zero-order chi connectivity index (χ0) is 15.3. The first kappa shape index (κ1) is 15.9. The molecule has 0 heterocycles. The maximum atomic E-state index is 12.2. The molecule has 1 aromatic carbocycles. The van der Waals surface area contributed by atoms with E-state index in [-0.39, 0.29) is 22.6 Å². The van der Waals surface area contributed by atoms with Gasteiger partial charge in [0.1, 0.15) is 0 Å². The molecule has 1 amide bonds. The van der Waals surface area contributed by atoms with Gasteiger partial charge in [0, 0.05) is 31.4 Å². The van der Waals surface area contributed by atoms with Gasteiger partial charge in [0.15, 0.2) is 0 Å². The van der Waals surface area contributed by atoms with Gasteiger partial charge in [0.2, 0.25) is 0 Å². The number of nitro benzene ring substituents is 1. The summed E-state index contributed by atoms with van der Waals surface area (Å²) in [7, 11) is 1.67. The van der Waals surface area contributed by atoms with Crippen LogP contribution in [0, 0.1) is 15.5 Å². The molecule has 0 aliphatic heterocycles. The third kappa shape index (κ3) is 3.94. The molecule has 110 valence electrons. The Hall–Kier alpha value is -2.11. The normalized spacial score (nSPS) is 11.0. The monoisotopic (exact) mass is 279 g/mol. The van der Waals surface area contributed by atoms with Crippen LogP contribution in [0.2, 0.25) is 0 Å². The van der Waals surface area contributed by atoms with Gasteiger partial charge in [-0.05, 0) is 17.9 Å². The minimum Gasteiger partial charge on any atom is -0.387 e. The highest BCUT2D eigenvalue weighted by Crippen LogP contribution is 2.23. The van der Waals surface area contributed by atoms with Crippen molar-refractivity contribution in [3.63, 3.8) is 0 Å². The van der Waals surface area contributed by atoms with Crippen LogP contribution in [0.1, 0.15) is 37.6 Å². The molecule has 0 spiro atoms. The smallest absolute Gasteiger partial charge is 0.270 e. The van der Waals surface area contributed by atoms with Gasteiger partial charge in [-0.3, -0.25) is 14.9 Å². The van der Waals surface area contributed by atoms with E-state index in [1.165, 1.54) is 18.2 Å². The Morgan fingerprint density at radius 1 is 1.40 bits per heavy atom. The first-order valence-electron chi connectivity index (χ1n) is 6.55. The summed E-state index contributed by atoms with van der Waals surface area (Å²) in [5.41, 5.74) is 0.760. The number of nitrogens with one attached hydrogen (secondary N) is 2. The lowest BCUT2D eigenvalue weighted by atomic mass is 9.90. The fourth-order valence-electron chi connectivity index (χ4n) is 1.59. The van der Waals surface area contributed by atoms with Crippen molar-refractivity contribution in [1.29, 1.82) is 0 Å². The summed E-state index contributed by atoms with van der Waals surface area (Å²) in [6.07, 6.45) is 0.932. The average molecular weight is 279 g/mol. The molecule has 2 N–H and O–H groups in total. The average Bonchev–Trinajstić information content (AvgIpc) is 2.44. The number of rotatable bonds is 6. The zero-order valence-corrected chi connectivity index (χ0v) is 12.3. The fraction of sp³-hybridized carbons (Fsp3) is 0.500. The summed E-state index contributed by atoms with van der Waals surface area (Å²) in [5, 5.41) is 16.5. The van der Waals surface area contributed by atoms with E-state index in [2.05, 4.69) is 31.4 Å². The van der Waals surface area contributed by atoms with Crippen molar-refractivity contribution in [3.05, 3.63) is 33.9 Å².